The van der Waals surface area contributed by atoms with Gasteiger partial charge >= 0.3 is 18.2 Å². The predicted molar refractivity (Wildman–Crippen MR) is 166 cm³/mol. The molecular weight excluding hydrogens is 632 g/mol. The molecule has 0 saturated heterocycles. The van der Waals surface area contributed by atoms with Gasteiger partial charge in [0.05, 0.1) is 44.6 Å². The van der Waals surface area contributed by atoms with Gasteiger partial charge in [-0.25, -0.2) is 9.59 Å². The number of esters is 1. The summed E-state index contributed by atoms with van der Waals surface area (Å²) >= 11 is 5.63. The summed E-state index contributed by atoms with van der Waals surface area (Å²) in [6.45, 7) is 3.60. The van der Waals surface area contributed by atoms with Crippen LogP contribution in [-0.4, -0.2) is 108 Å². The number of benzene rings is 1. The average molecular weight is 677 g/mol. The molecule has 0 bridgehead atoms. The number of rotatable bonds is 28. The van der Waals surface area contributed by atoms with E-state index in [-0.39, 0.29) is 44.3 Å². The lowest BCUT2D eigenvalue weighted by Gasteiger charge is -2.09. The van der Waals surface area contributed by atoms with Gasteiger partial charge in [-0.1, -0.05) is 12.8 Å². The molecule has 0 heterocycles. The summed E-state index contributed by atoms with van der Waals surface area (Å²) in [4.78, 5) is 45.0. The predicted octanol–water partition coefficient (Wildman–Crippen LogP) is 4.58. The van der Waals surface area contributed by atoms with Crippen LogP contribution in [0.2, 0.25) is 0 Å². The Morgan fingerprint density at radius 3 is 1.98 bits per heavy atom. The SMILES string of the molecule is O=C(CCCOCCOCCOC(=O)NCCOCCOCCCCCCCl)OC/C=C/COC(=O)Oc1ccc([N+](=O)[O-])cc1. The Bertz CT molecular complexity index is 996. The number of amides is 1. The third-order valence-electron chi connectivity index (χ3n) is 5.62. The van der Waals surface area contributed by atoms with Crippen molar-refractivity contribution < 1.29 is 57.2 Å². The quantitative estimate of drug-likeness (QED) is 0.0191. The summed E-state index contributed by atoms with van der Waals surface area (Å²) in [6, 6.07) is 4.96. The van der Waals surface area contributed by atoms with E-state index in [2.05, 4.69) is 5.32 Å². The minimum Gasteiger partial charge on any atom is -0.461 e. The van der Waals surface area contributed by atoms with Gasteiger partial charge in [0.15, 0.2) is 0 Å². The molecule has 0 spiro atoms. The van der Waals surface area contributed by atoms with Gasteiger partial charge in [0.25, 0.3) is 5.69 Å². The summed E-state index contributed by atoms with van der Waals surface area (Å²) in [7, 11) is 0. The first-order valence-corrected chi connectivity index (χ1v) is 15.6. The summed E-state index contributed by atoms with van der Waals surface area (Å²) in [6.07, 6.45) is 6.39. The minimum absolute atomic E-state index is 0.00817. The fraction of sp³-hybridized carbons (Fsp3) is 0.633. The number of unbranched alkanes of at least 4 members (excludes halogenated alkanes) is 3. The lowest BCUT2D eigenvalue weighted by Crippen LogP contribution is -2.29. The Labute approximate surface area is 273 Å². The lowest BCUT2D eigenvalue weighted by atomic mass is 10.2. The Balaban J connectivity index is 1.83. The van der Waals surface area contributed by atoms with Crippen LogP contribution < -0.4 is 10.1 Å². The first-order valence-electron chi connectivity index (χ1n) is 15.1. The lowest BCUT2D eigenvalue weighted by molar-refractivity contribution is -0.384. The number of nitro benzene ring substituents is 1. The number of carbonyl (C=O) groups excluding carboxylic acids is 3. The fourth-order valence-corrected chi connectivity index (χ4v) is 3.50. The number of hydrogen-bond donors (Lipinski definition) is 1. The van der Waals surface area contributed by atoms with Crippen molar-refractivity contribution in [1.82, 2.24) is 5.32 Å². The van der Waals surface area contributed by atoms with Crippen LogP contribution in [-0.2, 0) is 38.0 Å². The maximum absolute atomic E-state index is 11.8. The molecular formula is C30H45ClN2O13. The van der Waals surface area contributed by atoms with Gasteiger partial charge in [-0.05, 0) is 43.5 Å². The number of non-ortho nitro benzene ring substituents is 1. The number of halogens is 1. The number of alkyl carbamates (subject to hydrolysis) is 1. The van der Waals surface area contributed by atoms with Crippen LogP contribution in [0, 0.1) is 10.1 Å². The highest BCUT2D eigenvalue weighted by Crippen LogP contribution is 2.17. The molecule has 16 heteroatoms. The molecule has 1 amide bonds. The summed E-state index contributed by atoms with van der Waals surface area (Å²) in [5.74, 6) is 0.405. The first kappa shape index (κ1) is 40.5. The highest BCUT2D eigenvalue weighted by atomic mass is 35.5. The summed E-state index contributed by atoms with van der Waals surface area (Å²) < 4.78 is 41.3. The van der Waals surface area contributed by atoms with Crippen molar-refractivity contribution in [3.63, 3.8) is 0 Å². The van der Waals surface area contributed by atoms with Gasteiger partial charge in [0.1, 0.15) is 25.6 Å². The van der Waals surface area contributed by atoms with Crippen LogP contribution in [0.15, 0.2) is 36.4 Å². The zero-order valence-electron chi connectivity index (χ0n) is 26.0. The molecule has 0 atom stereocenters. The van der Waals surface area contributed by atoms with Crippen molar-refractivity contribution >= 4 is 35.5 Å². The molecule has 1 aromatic carbocycles. The molecule has 0 unspecified atom stereocenters. The maximum Gasteiger partial charge on any atom is 0.514 e. The topological polar surface area (TPSA) is 180 Å². The smallest absolute Gasteiger partial charge is 0.461 e. The normalized spacial score (nSPS) is 10.9. The van der Waals surface area contributed by atoms with Crippen LogP contribution in [0.3, 0.4) is 0 Å². The zero-order valence-corrected chi connectivity index (χ0v) is 26.8. The third-order valence-corrected chi connectivity index (χ3v) is 5.88. The van der Waals surface area contributed by atoms with Crippen LogP contribution in [0.4, 0.5) is 15.3 Å². The first-order chi connectivity index (χ1) is 22.4. The van der Waals surface area contributed by atoms with E-state index in [4.69, 9.17) is 49.5 Å². The Morgan fingerprint density at radius 2 is 1.30 bits per heavy atom. The van der Waals surface area contributed by atoms with Crippen LogP contribution in [0.5, 0.6) is 5.75 Å². The zero-order chi connectivity index (χ0) is 33.5. The van der Waals surface area contributed by atoms with Crippen LogP contribution in [0.25, 0.3) is 0 Å². The molecule has 0 saturated carbocycles. The van der Waals surface area contributed by atoms with E-state index in [1.807, 2.05) is 0 Å². The second kappa shape index (κ2) is 28.9. The molecule has 1 N–H and O–H groups in total. The van der Waals surface area contributed by atoms with Crippen molar-refractivity contribution in [2.24, 2.45) is 0 Å². The summed E-state index contributed by atoms with van der Waals surface area (Å²) in [5, 5.41) is 13.2. The van der Waals surface area contributed by atoms with E-state index in [1.54, 1.807) is 0 Å². The maximum atomic E-state index is 11.8. The van der Waals surface area contributed by atoms with Gasteiger partial charge in [-0.2, -0.15) is 0 Å². The van der Waals surface area contributed by atoms with Crippen LogP contribution in [0.1, 0.15) is 38.5 Å². The van der Waals surface area contributed by atoms with Crippen molar-refractivity contribution in [2.75, 3.05) is 85.1 Å². The molecule has 0 radical (unpaired) electrons. The van der Waals surface area contributed by atoms with Gasteiger partial charge in [0, 0.05) is 44.2 Å². The number of hydrogen-bond acceptors (Lipinski definition) is 13. The second-order valence-electron chi connectivity index (χ2n) is 9.29. The van der Waals surface area contributed by atoms with E-state index in [9.17, 15) is 24.5 Å². The van der Waals surface area contributed by atoms with Gasteiger partial charge in [-0.15, -0.1) is 11.6 Å². The molecule has 15 nitrogen and oxygen atoms in total. The molecule has 0 aliphatic heterocycles. The van der Waals surface area contributed by atoms with E-state index in [1.165, 1.54) is 36.4 Å². The Morgan fingerprint density at radius 1 is 0.717 bits per heavy atom. The average Bonchev–Trinajstić information content (AvgIpc) is 3.04. The van der Waals surface area contributed by atoms with Gasteiger partial charge in [0.2, 0.25) is 0 Å². The molecule has 260 valence electrons. The molecule has 46 heavy (non-hydrogen) atoms. The highest BCUT2D eigenvalue weighted by molar-refractivity contribution is 6.17. The molecule has 0 fully saturated rings. The van der Waals surface area contributed by atoms with E-state index in [0.29, 0.717) is 65.1 Å². The second-order valence-corrected chi connectivity index (χ2v) is 9.67. The van der Waals surface area contributed by atoms with Crippen molar-refractivity contribution in [3.05, 3.63) is 46.5 Å². The van der Waals surface area contributed by atoms with E-state index < -0.39 is 23.1 Å². The standard InChI is InChI=1S/C30H45ClN2O13/c31-13-3-1-2-4-15-39-20-22-41-19-14-32-29(35)44-25-24-42-23-21-40-16-7-8-28(34)43-17-5-6-18-45-30(36)46-27-11-9-26(10-12-27)33(37)38/h5-6,9-12H,1-4,7-8,13-25H2,(H,32,35)/b6-5+. The molecule has 0 aromatic heterocycles. The molecule has 1 aromatic rings. The Hall–Kier alpha value is -3.50. The third kappa shape index (κ3) is 24.8. The Kier molecular flexibility index (Phi) is 25.5. The van der Waals surface area contributed by atoms with E-state index in [0.717, 1.165) is 25.7 Å². The number of nitrogens with one attached hydrogen (secondary N) is 1. The molecule has 1 rings (SSSR count). The fourth-order valence-electron chi connectivity index (χ4n) is 3.31. The monoisotopic (exact) mass is 676 g/mol. The van der Waals surface area contributed by atoms with E-state index >= 15 is 0 Å². The highest BCUT2D eigenvalue weighted by Gasteiger charge is 2.09. The van der Waals surface area contributed by atoms with Gasteiger partial charge < -0.3 is 43.2 Å². The number of ether oxygens (including phenoxy) is 8. The van der Waals surface area contributed by atoms with Crippen molar-refractivity contribution in [3.8, 4) is 5.75 Å². The summed E-state index contributed by atoms with van der Waals surface area (Å²) in [5.41, 5.74) is -0.130. The number of nitrogens with zero attached hydrogens (tertiary/aromatic N) is 1. The van der Waals surface area contributed by atoms with Crippen LogP contribution >= 0.6 is 11.6 Å². The number of nitro groups is 1. The molecule has 0 aliphatic carbocycles. The molecule has 0 aliphatic rings. The van der Waals surface area contributed by atoms with Crippen molar-refractivity contribution in [1.29, 1.82) is 0 Å². The largest absolute Gasteiger partial charge is 0.514 e. The number of carbonyl (C=O) groups is 3. The number of alkyl halides is 1. The van der Waals surface area contributed by atoms with Gasteiger partial charge in [-0.3, -0.25) is 14.9 Å². The van der Waals surface area contributed by atoms with Crippen molar-refractivity contribution in [2.45, 2.75) is 38.5 Å². The minimum atomic E-state index is -0.979.